The highest BCUT2D eigenvalue weighted by Crippen LogP contribution is 2.20. The normalized spacial score (nSPS) is 11.8. The number of nitrogens with zero attached hydrogens (tertiary/aromatic N) is 3. The van der Waals surface area contributed by atoms with Crippen LogP contribution in [0.2, 0.25) is 0 Å². The minimum atomic E-state index is -3.42. The molecule has 3 rings (SSSR count). The van der Waals surface area contributed by atoms with E-state index < -0.39 is 10.0 Å². The molecule has 0 spiro atoms. The first kappa shape index (κ1) is 12.7. The highest BCUT2D eigenvalue weighted by atomic mass is 32.2. The molecule has 0 unspecified atom stereocenters. The Labute approximate surface area is 115 Å². The van der Waals surface area contributed by atoms with Crippen LogP contribution < -0.4 is 4.72 Å². The number of imidazole rings is 1. The molecule has 0 aliphatic carbocycles. The van der Waals surface area contributed by atoms with Crippen molar-refractivity contribution in [2.75, 3.05) is 7.05 Å². The lowest BCUT2D eigenvalue weighted by atomic mass is 10.2. The van der Waals surface area contributed by atoms with Gasteiger partial charge >= 0.3 is 0 Å². The molecule has 0 bridgehead atoms. The number of fused-ring (bicyclic) bond motifs is 1. The molecule has 20 heavy (non-hydrogen) atoms. The molecule has 0 radical (unpaired) electrons. The van der Waals surface area contributed by atoms with Crippen LogP contribution in [-0.4, -0.2) is 35.4 Å². The summed E-state index contributed by atoms with van der Waals surface area (Å²) in [5.74, 6) is 0.619. The maximum absolute atomic E-state index is 11.6. The number of H-pyrrole nitrogens is 1. The van der Waals surface area contributed by atoms with Gasteiger partial charge in [-0.15, -0.1) is 0 Å². The van der Waals surface area contributed by atoms with Gasteiger partial charge in [-0.05, 0) is 31.3 Å². The smallest absolute Gasteiger partial charge is 0.240 e. The van der Waals surface area contributed by atoms with Crippen LogP contribution in [0.5, 0.6) is 0 Å². The molecule has 3 aromatic rings. The highest BCUT2D eigenvalue weighted by Gasteiger charge is 2.12. The molecule has 102 valence electrons. The lowest BCUT2D eigenvalue weighted by molar-refractivity contribution is 0.588. The Bertz CT molecular complexity index is 822. The number of hydrogen-bond acceptors (Lipinski definition) is 5. The van der Waals surface area contributed by atoms with Gasteiger partial charge in [-0.3, -0.25) is 0 Å². The maximum Gasteiger partial charge on any atom is 0.240 e. The molecule has 0 atom stereocenters. The van der Waals surface area contributed by atoms with E-state index in [4.69, 9.17) is 0 Å². The van der Waals surface area contributed by atoms with Gasteiger partial charge in [0.25, 0.3) is 0 Å². The van der Waals surface area contributed by atoms with E-state index in [1.807, 2.05) is 0 Å². The third-order valence-corrected chi connectivity index (χ3v) is 4.30. The SMILES string of the molecule is CNS(=O)(=O)c1ccc(-c2nc3ncncc3[nH]2)cc1. The maximum atomic E-state index is 11.6. The molecule has 1 aromatic carbocycles. The van der Waals surface area contributed by atoms with Crippen LogP contribution in [0, 0.1) is 0 Å². The van der Waals surface area contributed by atoms with Crippen molar-refractivity contribution in [3.63, 3.8) is 0 Å². The number of benzene rings is 1. The Kier molecular flexibility index (Phi) is 2.96. The summed E-state index contributed by atoms with van der Waals surface area (Å²) in [7, 11) is -2.05. The Morgan fingerprint density at radius 1 is 1.20 bits per heavy atom. The lowest BCUT2D eigenvalue weighted by Gasteiger charge is -2.02. The first-order valence-corrected chi connectivity index (χ1v) is 7.28. The van der Waals surface area contributed by atoms with Crippen molar-refractivity contribution >= 4 is 21.2 Å². The summed E-state index contributed by atoms with van der Waals surface area (Å²) in [6.07, 6.45) is 3.06. The van der Waals surface area contributed by atoms with Gasteiger partial charge < -0.3 is 4.98 Å². The largest absolute Gasteiger partial charge is 0.335 e. The van der Waals surface area contributed by atoms with Crippen LogP contribution in [0.4, 0.5) is 0 Å². The van der Waals surface area contributed by atoms with Crippen molar-refractivity contribution in [1.82, 2.24) is 24.7 Å². The third-order valence-electron chi connectivity index (χ3n) is 2.87. The van der Waals surface area contributed by atoms with E-state index in [0.29, 0.717) is 11.5 Å². The average molecular weight is 289 g/mol. The van der Waals surface area contributed by atoms with Gasteiger partial charge in [-0.1, -0.05) is 0 Å². The van der Waals surface area contributed by atoms with Gasteiger partial charge in [0.2, 0.25) is 10.0 Å². The molecule has 0 aliphatic heterocycles. The molecule has 8 heteroatoms. The van der Waals surface area contributed by atoms with Gasteiger partial charge in [0.1, 0.15) is 17.7 Å². The van der Waals surface area contributed by atoms with Crippen LogP contribution in [0.1, 0.15) is 0 Å². The van der Waals surface area contributed by atoms with Crippen LogP contribution in [0.15, 0.2) is 41.7 Å². The summed E-state index contributed by atoms with van der Waals surface area (Å²) in [6.45, 7) is 0. The molecule has 0 fully saturated rings. The summed E-state index contributed by atoms with van der Waals surface area (Å²) >= 11 is 0. The van der Waals surface area contributed by atoms with E-state index >= 15 is 0 Å². The van der Waals surface area contributed by atoms with E-state index in [1.165, 1.54) is 25.5 Å². The predicted octanol–water partition coefficient (Wildman–Crippen LogP) is 0.928. The first-order valence-electron chi connectivity index (χ1n) is 5.80. The zero-order chi connectivity index (χ0) is 14.2. The van der Waals surface area contributed by atoms with E-state index in [1.54, 1.807) is 18.3 Å². The molecule has 7 nitrogen and oxygen atoms in total. The van der Waals surface area contributed by atoms with Crippen LogP contribution >= 0.6 is 0 Å². The fourth-order valence-electron chi connectivity index (χ4n) is 1.81. The fourth-order valence-corrected chi connectivity index (χ4v) is 2.54. The van der Waals surface area contributed by atoms with E-state index in [-0.39, 0.29) is 4.90 Å². The minimum absolute atomic E-state index is 0.208. The zero-order valence-electron chi connectivity index (χ0n) is 10.5. The van der Waals surface area contributed by atoms with E-state index in [9.17, 15) is 8.42 Å². The van der Waals surface area contributed by atoms with Crippen molar-refractivity contribution in [3.8, 4) is 11.4 Å². The number of sulfonamides is 1. The van der Waals surface area contributed by atoms with Crippen LogP contribution in [0.25, 0.3) is 22.6 Å². The van der Waals surface area contributed by atoms with Crippen molar-refractivity contribution in [1.29, 1.82) is 0 Å². The zero-order valence-corrected chi connectivity index (χ0v) is 11.3. The Morgan fingerprint density at radius 3 is 2.60 bits per heavy atom. The molecular formula is C12H11N5O2S. The Balaban J connectivity index is 2.03. The quantitative estimate of drug-likeness (QED) is 0.747. The van der Waals surface area contributed by atoms with Gasteiger partial charge in [0, 0.05) is 5.56 Å². The summed E-state index contributed by atoms with van der Waals surface area (Å²) in [4.78, 5) is 15.6. The molecule has 2 heterocycles. The second kappa shape index (κ2) is 4.66. The second-order valence-electron chi connectivity index (χ2n) is 4.08. The number of nitrogens with one attached hydrogen (secondary N) is 2. The standard InChI is InChI=1S/C12H11N5O2S/c1-13-20(18,19)9-4-2-8(3-5-9)11-16-10-6-14-7-15-12(10)17-11/h2-7,13H,1H3,(H,14,15,16,17). The summed E-state index contributed by atoms with van der Waals surface area (Å²) in [5.41, 5.74) is 2.08. The summed E-state index contributed by atoms with van der Waals surface area (Å²) < 4.78 is 25.5. The van der Waals surface area contributed by atoms with Gasteiger partial charge in [0.15, 0.2) is 5.65 Å². The Morgan fingerprint density at radius 2 is 1.95 bits per heavy atom. The topological polar surface area (TPSA) is 101 Å². The fraction of sp³-hybridized carbons (Fsp3) is 0.0833. The predicted molar refractivity (Wildman–Crippen MR) is 73.4 cm³/mol. The lowest BCUT2D eigenvalue weighted by Crippen LogP contribution is -2.18. The molecule has 0 amide bonds. The van der Waals surface area contributed by atoms with Crippen LogP contribution in [-0.2, 0) is 10.0 Å². The van der Waals surface area contributed by atoms with Crippen molar-refractivity contribution in [2.24, 2.45) is 0 Å². The van der Waals surface area contributed by atoms with Crippen LogP contribution in [0.3, 0.4) is 0 Å². The van der Waals surface area contributed by atoms with E-state index in [0.717, 1.165) is 11.1 Å². The monoisotopic (exact) mass is 289 g/mol. The first-order chi connectivity index (χ1) is 9.60. The van der Waals surface area contributed by atoms with E-state index in [2.05, 4.69) is 24.7 Å². The highest BCUT2D eigenvalue weighted by molar-refractivity contribution is 7.89. The molecule has 2 N–H and O–H groups in total. The minimum Gasteiger partial charge on any atom is -0.335 e. The summed E-state index contributed by atoms with van der Waals surface area (Å²) in [6, 6.07) is 6.44. The van der Waals surface area contributed by atoms with Gasteiger partial charge in [0.05, 0.1) is 11.1 Å². The molecule has 0 saturated carbocycles. The number of aromatic amines is 1. The summed E-state index contributed by atoms with van der Waals surface area (Å²) in [5, 5.41) is 0. The average Bonchev–Trinajstić information content (AvgIpc) is 2.91. The molecular weight excluding hydrogens is 278 g/mol. The number of hydrogen-bond donors (Lipinski definition) is 2. The second-order valence-corrected chi connectivity index (χ2v) is 5.96. The van der Waals surface area contributed by atoms with Gasteiger partial charge in [-0.25, -0.2) is 28.1 Å². The third kappa shape index (κ3) is 2.15. The van der Waals surface area contributed by atoms with Gasteiger partial charge in [-0.2, -0.15) is 0 Å². The number of aromatic nitrogens is 4. The van der Waals surface area contributed by atoms with Crippen molar-refractivity contribution in [3.05, 3.63) is 36.8 Å². The number of rotatable bonds is 3. The molecule has 0 aliphatic rings. The van der Waals surface area contributed by atoms with Crippen molar-refractivity contribution in [2.45, 2.75) is 4.90 Å². The van der Waals surface area contributed by atoms with Crippen molar-refractivity contribution < 1.29 is 8.42 Å². The Hall–Kier alpha value is -2.32. The molecule has 2 aromatic heterocycles. The molecule has 0 saturated heterocycles.